The predicted octanol–water partition coefficient (Wildman–Crippen LogP) is 2.89. The molecular formula is C18H28N2O3. The summed E-state index contributed by atoms with van der Waals surface area (Å²) in [7, 11) is 1.67. The molecule has 1 aliphatic heterocycles. The van der Waals surface area contributed by atoms with Gasteiger partial charge in [0.15, 0.2) is 0 Å². The summed E-state index contributed by atoms with van der Waals surface area (Å²) in [5.41, 5.74) is 2.35. The summed E-state index contributed by atoms with van der Waals surface area (Å²) in [5, 5.41) is 3.05. The van der Waals surface area contributed by atoms with Crippen LogP contribution in [0.15, 0.2) is 24.3 Å². The number of carbonyl (C=O) groups excluding carboxylic acids is 1. The molecule has 1 fully saturated rings. The maximum atomic E-state index is 12.6. The Bertz CT molecular complexity index is 521. The molecule has 5 heteroatoms. The van der Waals surface area contributed by atoms with Crippen molar-refractivity contribution in [3.63, 3.8) is 0 Å². The van der Waals surface area contributed by atoms with Gasteiger partial charge in [0.25, 0.3) is 0 Å². The Balaban J connectivity index is 2.00. The van der Waals surface area contributed by atoms with Crippen LogP contribution < -0.4 is 5.32 Å². The van der Waals surface area contributed by atoms with Crippen LogP contribution in [0.2, 0.25) is 0 Å². The van der Waals surface area contributed by atoms with Crippen molar-refractivity contribution in [3.05, 3.63) is 35.4 Å². The lowest BCUT2D eigenvalue weighted by atomic mass is 10.0. The topological polar surface area (TPSA) is 50.8 Å². The number of aryl methyl sites for hydroxylation is 1. The van der Waals surface area contributed by atoms with E-state index in [4.69, 9.17) is 9.47 Å². The van der Waals surface area contributed by atoms with E-state index < -0.39 is 0 Å². The molecule has 5 nitrogen and oxygen atoms in total. The summed E-state index contributed by atoms with van der Waals surface area (Å²) in [6.07, 6.45) is 0.745. The molecule has 1 saturated heterocycles. The van der Waals surface area contributed by atoms with Gasteiger partial charge in [-0.05, 0) is 38.3 Å². The summed E-state index contributed by atoms with van der Waals surface area (Å²) < 4.78 is 11.0. The number of nitrogens with zero attached hydrogens (tertiary/aromatic N) is 1. The summed E-state index contributed by atoms with van der Waals surface area (Å²) >= 11 is 0. The number of nitrogens with one attached hydrogen (secondary N) is 1. The molecule has 0 aliphatic carbocycles. The summed E-state index contributed by atoms with van der Waals surface area (Å²) in [6.45, 7) is 7.88. The normalized spacial score (nSPS) is 22.7. The monoisotopic (exact) mass is 320 g/mol. The first-order valence-electron chi connectivity index (χ1n) is 8.26. The van der Waals surface area contributed by atoms with Crippen molar-refractivity contribution in [3.8, 4) is 0 Å². The lowest BCUT2D eigenvalue weighted by molar-refractivity contribution is -0.0433. The Morgan fingerprint density at radius 2 is 2.22 bits per heavy atom. The smallest absolute Gasteiger partial charge is 0.318 e. The highest BCUT2D eigenvalue weighted by Gasteiger charge is 2.31. The first-order valence-corrected chi connectivity index (χ1v) is 8.26. The van der Waals surface area contributed by atoms with Gasteiger partial charge in [0.05, 0.1) is 19.2 Å². The molecule has 128 valence electrons. The highest BCUT2D eigenvalue weighted by Crippen LogP contribution is 2.27. The van der Waals surface area contributed by atoms with Gasteiger partial charge in [0.2, 0.25) is 0 Å². The van der Waals surface area contributed by atoms with E-state index in [1.54, 1.807) is 7.11 Å². The Morgan fingerprint density at radius 3 is 2.91 bits per heavy atom. The Labute approximate surface area is 139 Å². The van der Waals surface area contributed by atoms with Crippen molar-refractivity contribution in [2.45, 2.75) is 45.4 Å². The van der Waals surface area contributed by atoms with Crippen molar-refractivity contribution < 1.29 is 14.3 Å². The molecule has 1 heterocycles. The van der Waals surface area contributed by atoms with E-state index in [0.29, 0.717) is 19.8 Å². The first kappa shape index (κ1) is 17.8. The van der Waals surface area contributed by atoms with Crippen molar-refractivity contribution in [2.24, 2.45) is 0 Å². The number of methoxy groups -OCH3 is 1. The Hall–Kier alpha value is -1.59. The van der Waals surface area contributed by atoms with Crippen molar-refractivity contribution >= 4 is 6.03 Å². The summed E-state index contributed by atoms with van der Waals surface area (Å²) in [5.74, 6) is 0. The number of amides is 2. The van der Waals surface area contributed by atoms with Crippen LogP contribution in [0.25, 0.3) is 0 Å². The molecule has 23 heavy (non-hydrogen) atoms. The zero-order valence-electron chi connectivity index (χ0n) is 14.5. The van der Waals surface area contributed by atoms with Crippen LogP contribution in [0.3, 0.4) is 0 Å². The number of rotatable bonds is 5. The van der Waals surface area contributed by atoms with Gasteiger partial charge >= 0.3 is 6.03 Å². The van der Waals surface area contributed by atoms with Gasteiger partial charge in [0, 0.05) is 19.8 Å². The van der Waals surface area contributed by atoms with Crippen molar-refractivity contribution in [1.29, 1.82) is 0 Å². The molecule has 3 unspecified atom stereocenters. The van der Waals surface area contributed by atoms with Gasteiger partial charge < -0.3 is 19.7 Å². The van der Waals surface area contributed by atoms with Gasteiger partial charge in [-0.2, -0.15) is 0 Å². The van der Waals surface area contributed by atoms with Crippen molar-refractivity contribution in [1.82, 2.24) is 10.2 Å². The largest absolute Gasteiger partial charge is 0.385 e. The van der Waals surface area contributed by atoms with Gasteiger partial charge in [-0.15, -0.1) is 0 Å². The van der Waals surface area contributed by atoms with Crippen LogP contribution in [-0.2, 0) is 9.47 Å². The maximum absolute atomic E-state index is 12.6. The predicted molar refractivity (Wildman–Crippen MR) is 90.5 cm³/mol. The second kappa shape index (κ2) is 8.31. The molecule has 1 aromatic rings. The lowest BCUT2D eigenvalue weighted by Crippen LogP contribution is -2.53. The van der Waals surface area contributed by atoms with E-state index >= 15 is 0 Å². The van der Waals surface area contributed by atoms with E-state index in [-0.39, 0.29) is 24.2 Å². The number of hydrogen-bond donors (Lipinski definition) is 1. The zero-order chi connectivity index (χ0) is 16.8. The molecular weight excluding hydrogens is 292 g/mol. The molecule has 3 atom stereocenters. The second-order valence-electron chi connectivity index (χ2n) is 6.31. The molecule has 2 amide bonds. The van der Waals surface area contributed by atoms with Crippen LogP contribution in [-0.4, -0.2) is 49.9 Å². The van der Waals surface area contributed by atoms with Gasteiger partial charge in [-0.3, -0.25) is 0 Å². The SMILES string of the molecule is COCCC(C)NC(=O)N1CC(c2ccccc2C)OCC1C. The quantitative estimate of drug-likeness (QED) is 0.907. The van der Waals surface area contributed by atoms with E-state index in [2.05, 4.69) is 24.4 Å². The molecule has 0 bridgehead atoms. The zero-order valence-corrected chi connectivity index (χ0v) is 14.5. The minimum atomic E-state index is -0.0626. The molecule has 0 spiro atoms. The van der Waals surface area contributed by atoms with Gasteiger partial charge in [-0.1, -0.05) is 24.3 Å². The third kappa shape index (κ3) is 4.69. The molecule has 2 rings (SSSR count). The van der Waals surface area contributed by atoms with E-state index in [0.717, 1.165) is 12.0 Å². The van der Waals surface area contributed by atoms with Crippen LogP contribution >= 0.6 is 0 Å². The average molecular weight is 320 g/mol. The molecule has 1 aliphatic rings. The van der Waals surface area contributed by atoms with E-state index in [1.165, 1.54) is 5.56 Å². The average Bonchev–Trinajstić information content (AvgIpc) is 2.54. The Morgan fingerprint density at radius 1 is 1.48 bits per heavy atom. The molecule has 0 radical (unpaired) electrons. The van der Waals surface area contributed by atoms with Crippen molar-refractivity contribution in [2.75, 3.05) is 26.9 Å². The minimum absolute atomic E-state index is 0.0250. The van der Waals surface area contributed by atoms with E-state index in [9.17, 15) is 4.79 Å². The highest BCUT2D eigenvalue weighted by molar-refractivity contribution is 5.75. The van der Waals surface area contributed by atoms with Crippen LogP contribution in [0, 0.1) is 6.92 Å². The van der Waals surface area contributed by atoms with Gasteiger partial charge in [0.1, 0.15) is 6.10 Å². The molecule has 1 N–H and O–H groups in total. The standard InChI is InChI=1S/C18H28N2O3/c1-13-7-5-6-8-16(13)17-11-20(15(3)12-23-17)18(21)19-14(2)9-10-22-4/h5-8,14-15,17H,9-12H2,1-4H3,(H,19,21). The third-order valence-electron chi connectivity index (χ3n) is 4.35. The number of hydrogen-bond acceptors (Lipinski definition) is 3. The fraction of sp³-hybridized carbons (Fsp3) is 0.611. The summed E-state index contributed by atoms with van der Waals surface area (Å²) in [6, 6.07) is 8.33. The number of benzene rings is 1. The molecule has 0 aromatic heterocycles. The van der Waals surface area contributed by atoms with Crippen LogP contribution in [0.5, 0.6) is 0 Å². The fourth-order valence-electron chi connectivity index (χ4n) is 2.84. The fourth-order valence-corrected chi connectivity index (χ4v) is 2.84. The molecule has 0 saturated carbocycles. The lowest BCUT2D eigenvalue weighted by Gasteiger charge is -2.39. The molecule has 1 aromatic carbocycles. The Kier molecular flexibility index (Phi) is 6.42. The third-order valence-corrected chi connectivity index (χ3v) is 4.35. The summed E-state index contributed by atoms with van der Waals surface area (Å²) in [4.78, 5) is 14.4. The number of morpholine rings is 1. The van der Waals surface area contributed by atoms with E-state index in [1.807, 2.05) is 30.9 Å². The number of carbonyl (C=O) groups is 1. The highest BCUT2D eigenvalue weighted by atomic mass is 16.5. The van der Waals surface area contributed by atoms with Crippen LogP contribution in [0.4, 0.5) is 4.79 Å². The van der Waals surface area contributed by atoms with Gasteiger partial charge in [-0.25, -0.2) is 4.79 Å². The first-order chi connectivity index (χ1) is 11.0. The maximum Gasteiger partial charge on any atom is 0.318 e. The number of urea groups is 1. The number of ether oxygens (including phenoxy) is 2. The minimum Gasteiger partial charge on any atom is -0.385 e. The second-order valence-corrected chi connectivity index (χ2v) is 6.31. The van der Waals surface area contributed by atoms with Crippen LogP contribution in [0.1, 0.15) is 37.5 Å².